The van der Waals surface area contributed by atoms with E-state index in [-0.39, 0.29) is 12.2 Å². The fraction of sp³-hybridized carbons (Fsp3) is 0.917. The molecule has 1 aliphatic rings. The van der Waals surface area contributed by atoms with Crippen LogP contribution in [0.4, 0.5) is 4.79 Å². The van der Waals surface area contributed by atoms with Crippen molar-refractivity contribution in [2.45, 2.75) is 52.2 Å². The smallest absolute Gasteiger partial charge is 0.410 e. The molecule has 0 aliphatic carbocycles. The number of ether oxygens (including phenoxy) is 2. The fourth-order valence-corrected chi connectivity index (χ4v) is 1.80. The molecule has 1 rings (SSSR count). The molecule has 16 heavy (non-hydrogen) atoms. The minimum Gasteiger partial charge on any atom is -0.444 e. The van der Waals surface area contributed by atoms with Crippen molar-refractivity contribution in [2.24, 2.45) is 0 Å². The number of hydrogen-bond donors (Lipinski definition) is 0. The van der Waals surface area contributed by atoms with Gasteiger partial charge < -0.3 is 14.4 Å². The quantitative estimate of drug-likeness (QED) is 0.730. The average Bonchev–Trinajstić information content (AvgIpc) is 2.16. The lowest BCUT2D eigenvalue weighted by Gasteiger charge is -2.33. The Hall–Kier alpha value is -0.770. The molecule has 0 N–H and O–H groups in total. The Balaban J connectivity index is 2.44. The first-order chi connectivity index (χ1) is 7.42. The Labute approximate surface area is 97.9 Å². The van der Waals surface area contributed by atoms with Gasteiger partial charge in [0, 0.05) is 13.2 Å². The van der Waals surface area contributed by atoms with Gasteiger partial charge in [0.25, 0.3) is 0 Å². The molecule has 1 heterocycles. The fourth-order valence-electron chi connectivity index (χ4n) is 1.80. The van der Waals surface area contributed by atoms with Crippen LogP contribution in [0.2, 0.25) is 0 Å². The maximum absolute atomic E-state index is 11.8. The van der Waals surface area contributed by atoms with Gasteiger partial charge in [-0.2, -0.15) is 0 Å². The number of carbonyl (C=O) groups excluding carboxylic acids is 1. The standard InChI is InChI=1S/C12H23NO3/c1-5-15-10-7-6-8-13(9-10)11(14)16-12(2,3)4/h10H,5-9H2,1-4H3/t10-/m1/s1. The highest BCUT2D eigenvalue weighted by atomic mass is 16.6. The predicted octanol–water partition coefficient (Wildman–Crippen LogP) is 2.42. The van der Waals surface area contributed by atoms with Gasteiger partial charge in [0.05, 0.1) is 12.6 Å². The molecule has 94 valence electrons. The highest BCUT2D eigenvalue weighted by molar-refractivity contribution is 5.68. The zero-order valence-corrected chi connectivity index (χ0v) is 10.8. The summed E-state index contributed by atoms with van der Waals surface area (Å²) in [5, 5.41) is 0. The Kier molecular flexibility index (Phi) is 4.59. The Morgan fingerprint density at radius 3 is 2.69 bits per heavy atom. The minimum atomic E-state index is -0.421. The summed E-state index contributed by atoms with van der Waals surface area (Å²) in [5.74, 6) is 0. The molecule has 0 aromatic heterocycles. The second kappa shape index (κ2) is 5.53. The Bertz CT molecular complexity index is 233. The van der Waals surface area contributed by atoms with Crippen LogP contribution in [0.3, 0.4) is 0 Å². The predicted molar refractivity (Wildman–Crippen MR) is 62.5 cm³/mol. The van der Waals surface area contributed by atoms with Crippen molar-refractivity contribution in [2.75, 3.05) is 19.7 Å². The maximum atomic E-state index is 11.8. The minimum absolute atomic E-state index is 0.172. The Morgan fingerprint density at radius 1 is 1.44 bits per heavy atom. The van der Waals surface area contributed by atoms with Crippen molar-refractivity contribution in [3.63, 3.8) is 0 Å². The zero-order valence-electron chi connectivity index (χ0n) is 10.8. The number of rotatable bonds is 2. The van der Waals surface area contributed by atoms with Crippen LogP contribution in [0.25, 0.3) is 0 Å². The van der Waals surface area contributed by atoms with Crippen molar-refractivity contribution in [3.05, 3.63) is 0 Å². The van der Waals surface area contributed by atoms with E-state index in [1.807, 2.05) is 27.7 Å². The number of hydrogen-bond acceptors (Lipinski definition) is 3. The van der Waals surface area contributed by atoms with Gasteiger partial charge in [0.15, 0.2) is 0 Å². The molecule has 0 unspecified atom stereocenters. The van der Waals surface area contributed by atoms with Gasteiger partial charge in [-0.1, -0.05) is 0 Å². The van der Waals surface area contributed by atoms with Gasteiger partial charge in [-0.25, -0.2) is 4.79 Å². The first kappa shape index (κ1) is 13.3. The first-order valence-corrected chi connectivity index (χ1v) is 6.02. The van der Waals surface area contributed by atoms with Gasteiger partial charge in [-0.15, -0.1) is 0 Å². The third-order valence-corrected chi connectivity index (χ3v) is 2.43. The molecule has 1 fully saturated rings. The number of likely N-dealkylation sites (tertiary alicyclic amines) is 1. The van der Waals surface area contributed by atoms with E-state index < -0.39 is 5.60 Å². The summed E-state index contributed by atoms with van der Waals surface area (Å²) >= 11 is 0. The van der Waals surface area contributed by atoms with E-state index in [2.05, 4.69) is 0 Å². The topological polar surface area (TPSA) is 38.8 Å². The molecule has 1 saturated heterocycles. The van der Waals surface area contributed by atoms with Crippen LogP contribution in [-0.4, -0.2) is 42.4 Å². The van der Waals surface area contributed by atoms with E-state index in [9.17, 15) is 4.79 Å². The largest absolute Gasteiger partial charge is 0.444 e. The van der Waals surface area contributed by atoms with Crippen LogP contribution < -0.4 is 0 Å². The lowest BCUT2D eigenvalue weighted by Crippen LogP contribution is -2.45. The van der Waals surface area contributed by atoms with Crippen molar-refractivity contribution in [1.82, 2.24) is 4.90 Å². The monoisotopic (exact) mass is 229 g/mol. The summed E-state index contributed by atoms with van der Waals surface area (Å²) in [6.07, 6.45) is 1.97. The van der Waals surface area contributed by atoms with Crippen molar-refractivity contribution in [1.29, 1.82) is 0 Å². The van der Waals surface area contributed by atoms with Gasteiger partial charge in [0.1, 0.15) is 5.60 Å². The zero-order chi connectivity index (χ0) is 12.2. The molecule has 0 saturated carbocycles. The third-order valence-electron chi connectivity index (χ3n) is 2.43. The summed E-state index contributed by atoms with van der Waals surface area (Å²) in [6.45, 7) is 9.76. The van der Waals surface area contributed by atoms with Gasteiger partial charge in [-0.3, -0.25) is 0 Å². The molecule has 4 heteroatoms. The molecule has 0 bridgehead atoms. The van der Waals surface area contributed by atoms with Crippen LogP contribution in [-0.2, 0) is 9.47 Å². The molecule has 1 atom stereocenters. The second-order valence-electron chi connectivity index (χ2n) is 5.15. The van der Waals surface area contributed by atoms with E-state index in [4.69, 9.17) is 9.47 Å². The summed E-state index contributed by atoms with van der Waals surface area (Å²) in [5.41, 5.74) is -0.421. The lowest BCUT2D eigenvalue weighted by atomic mass is 10.1. The molecule has 0 aromatic rings. The van der Waals surface area contributed by atoms with E-state index >= 15 is 0 Å². The Morgan fingerprint density at radius 2 is 2.12 bits per heavy atom. The number of carbonyl (C=O) groups is 1. The maximum Gasteiger partial charge on any atom is 0.410 e. The van der Waals surface area contributed by atoms with E-state index in [0.29, 0.717) is 13.2 Å². The van der Waals surface area contributed by atoms with Crippen LogP contribution in [0.1, 0.15) is 40.5 Å². The number of piperidine rings is 1. The molecule has 0 aromatic carbocycles. The van der Waals surface area contributed by atoms with E-state index in [1.165, 1.54) is 0 Å². The van der Waals surface area contributed by atoms with Crippen molar-refractivity contribution >= 4 is 6.09 Å². The molecular formula is C12H23NO3. The highest BCUT2D eigenvalue weighted by Crippen LogP contribution is 2.16. The SMILES string of the molecule is CCO[C@@H]1CCCN(C(=O)OC(C)(C)C)C1. The molecule has 1 amide bonds. The molecular weight excluding hydrogens is 206 g/mol. The summed E-state index contributed by atoms with van der Waals surface area (Å²) in [4.78, 5) is 13.6. The molecule has 1 aliphatic heterocycles. The van der Waals surface area contributed by atoms with Crippen LogP contribution in [0, 0.1) is 0 Å². The van der Waals surface area contributed by atoms with Crippen LogP contribution in [0.5, 0.6) is 0 Å². The molecule has 0 radical (unpaired) electrons. The van der Waals surface area contributed by atoms with E-state index in [1.54, 1.807) is 4.90 Å². The van der Waals surface area contributed by atoms with Crippen molar-refractivity contribution < 1.29 is 14.3 Å². The third kappa shape index (κ3) is 4.39. The second-order valence-corrected chi connectivity index (χ2v) is 5.15. The van der Waals surface area contributed by atoms with Crippen molar-refractivity contribution in [3.8, 4) is 0 Å². The van der Waals surface area contributed by atoms with E-state index in [0.717, 1.165) is 19.4 Å². The van der Waals surface area contributed by atoms with Crippen LogP contribution in [0.15, 0.2) is 0 Å². The van der Waals surface area contributed by atoms with Gasteiger partial charge in [-0.05, 0) is 40.5 Å². The molecule has 4 nitrogen and oxygen atoms in total. The summed E-state index contributed by atoms with van der Waals surface area (Å²) < 4.78 is 10.9. The van der Waals surface area contributed by atoms with Crippen LogP contribution >= 0.6 is 0 Å². The van der Waals surface area contributed by atoms with Gasteiger partial charge in [0.2, 0.25) is 0 Å². The normalized spacial score (nSPS) is 22.0. The summed E-state index contributed by atoms with van der Waals surface area (Å²) in [7, 11) is 0. The number of amides is 1. The number of nitrogens with zero attached hydrogens (tertiary/aromatic N) is 1. The summed E-state index contributed by atoms with van der Waals surface area (Å²) in [6, 6.07) is 0. The molecule has 0 spiro atoms. The highest BCUT2D eigenvalue weighted by Gasteiger charge is 2.27. The lowest BCUT2D eigenvalue weighted by molar-refractivity contribution is -0.0170. The average molecular weight is 229 g/mol. The van der Waals surface area contributed by atoms with Gasteiger partial charge >= 0.3 is 6.09 Å². The first-order valence-electron chi connectivity index (χ1n) is 6.02.